The number of esters is 1. The van der Waals surface area contributed by atoms with E-state index in [1.165, 1.54) is 53.9 Å². The summed E-state index contributed by atoms with van der Waals surface area (Å²) in [4.78, 5) is 48.5. The van der Waals surface area contributed by atoms with Crippen molar-refractivity contribution in [1.29, 1.82) is 0 Å². The van der Waals surface area contributed by atoms with Crippen molar-refractivity contribution in [2.75, 3.05) is 11.9 Å². The third kappa shape index (κ3) is 7.32. The lowest BCUT2D eigenvalue weighted by Crippen LogP contribution is -2.18. The Balaban J connectivity index is 1.19. The number of amides is 2. The van der Waals surface area contributed by atoms with Gasteiger partial charge in [0, 0.05) is 39.0 Å². The molecule has 5 aromatic rings. The van der Waals surface area contributed by atoms with Crippen LogP contribution in [0.25, 0.3) is 10.1 Å². The van der Waals surface area contributed by atoms with E-state index in [1.807, 2.05) is 24.3 Å². The summed E-state index contributed by atoms with van der Waals surface area (Å²) in [7, 11) is 0. The van der Waals surface area contributed by atoms with Crippen molar-refractivity contribution in [3.05, 3.63) is 128 Å². The molecular weight excluding hydrogens is 620 g/mol. The maximum atomic E-state index is 12.9. The largest absolute Gasteiger partial charge is 0.490 e. The van der Waals surface area contributed by atoms with Crippen LogP contribution in [0.4, 0.5) is 11.4 Å². The predicted octanol–water partition coefficient (Wildman–Crippen LogP) is 7.10. The summed E-state index contributed by atoms with van der Waals surface area (Å²) in [5.41, 5.74) is 3.85. The molecule has 0 saturated carbocycles. The molecule has 0 aliphatic heterocycles. The van der Waals surface area contributed by atoms with Crippen molar-refractivity contribution in [3.8, 4) is 11.5 Å². The van der Waals surface area contributed by atoms with Crippen LogP contribution >= 0.6 is 22.9 Å². The van der Waals surface area contributed by atoms with Crippen LogP contribution < -0.4 is 20.2 Å². The van der Waals surface area contributed by atoms with E-state index in [0.717, 1.165) is 10.1 Å². The predicted molar refractivity (Wildman–Crippen MR) is 172 cm³/mol. The fourth-order valence-electron chi connectivity index (χ4n) is 4.12. The van der Waals surface area contributed by atoms with Crippen LogP contribution in [0.3, 0.4) is 0 Å². The lowest BCUT2D eigenvalue weighted by Gasteiger charge is -2.11. The highest BCUT2D eigenvalue weighted by molar-refractivity contribution is 7.21. The van der Waals surface area contributed by atoms with Gasteiger partial charge in [0.05, 0.1) is 22.8 Å². The first kappa shape index (κ1) is 30.9. The van der Waals surface area contributed by atoms with Crippen LogP contribution in [0.15, 0.2) is 96.1 Å². The number of carbonyl (C=O) groups is 3. The van der Waals surface area contributed by atoms with Crippen LogP contribution in [0, 0.1) is 10.1 Å². The van der Waals surface area contributed by atoms with Crippen molar-refractivity contribution in [3.63, 3.8) is 0 Å². The van der Waals surface area contributed by atoms with Crippen LogP contribution in [-0.4, -0.2) is 35.5 Å². The number of benzene rings is 4. The number of hydrazone groups is 1. The van der Waals surface area contributed by atoms with E-state index in [9.17, 15) is 24.5 Å². The van der Waals surface area contributed by atoms with Gasteiger partial charge in [0.1, 0.15) is 4.88 Å². The summed E-state index contributed by atoms with van der Waals surface area (Å²) in [5, 5.41) is 18.6. The number of carbonyl (C=O) groups excluding carboxylic acids is 3. The van der Waals surface area contributed by atoms with Gasteiger partial charge in [-0.05, 0) is 73.2 Å². The number of halogens is 1. The zero-order valence-electron chi connectivity index (χ0n) is 23.5. The van der Waals surface area contributed by atoms with Crippen molar-refractivity contribution >= 4 is 68.4 Å². The highest BCUT2D eigenvalue weighted by Gasteiger charge is 2.20. The molecule has 5 rings (SSSR count). The molecule has 0 atom stereocenters. The Morgan fingerprint density at radius 2 is 1.62 bits per heavy atom. The third-order valence-corrected chi connectivity index (χ3v) is 7.97. The van der Waals surface area contributed by atoms with Crippen molar-refractivity contribution in [2.45, 2.75) is 6.92 Å². The molecule has 0 unspecified atom stereocenters. The Morgan fingerprint density at radius 1 is 0.933 bits per heavy atom. The van der Waals surface area contributed by atoms with E-state index in [1.54, 1.807) is 37.3 Å². The van der Waals surface area contributed by atoms with Gasteiger partial charge in [0.15, 0.2) is 11.5 Å². The minimum atomic E-state index is -0.604. The van der Waals surface area contributed by atoms with E-state index in [2.05, 4.69) is 15.8 Å². The average molecular weight is 643 g/mol. The summed E-state index contributed by atoms with van der Waals surface area (Å²) in [6.07, 6.45) is 1.41. The van der Waals surface area contributed by atoms with E-state index < -0.39 is 22.7 Å². The SMILES string of the molecule is CCOc1cc(/C=N\NC(=O)c2ccc(NC(=O)c3ccc([N+](=O)[O-])cc3)cc2)ccc1OC(=O)c1sc2ccccc2c1Cl. The summed E-state index contributed by atoms with van der Waals surface area (Å²) in [6, 6.07) is 23.6. The number of nitrogens with zero attached hydrogens (tertiary/aromatic N) is 2. The summed E-state index contributed by atoms with van der Waals surface area (Å²) >= 11 is 7.67. The van der Waals surface area contributed by atoms with Gasteiger partial charge >= 0.3 is 5.97 Å². The number of thiophene rings is 1. The Hall–Kier alpha value is -5.59. The quantitative estimate of drug-likeness (QED) is 0.0542. The van der Waals surface area contributed by atoms with Gasteiger partial charge in [-0.2, -0.15) is 5.10 Å². The van der Waals surface area contributed by atoms with E-state index >= 15 is 0 Å². The van der Waals surface area contributed by atoms with E-state index in [-0.39, 0.29) is 27.4 Å². The molecule has 0 fully saturated rings. The third-order valence-electron chi connectivity index (χ3n) is 6.32. The maximum Gasteiger partial charge on any atom is 0.355 e. The Morgan fingerprint density at radius 3 is 2.31 bits per heavy atom. The minimum absolute atomic E-state index is 0.119. The molecule has 0 spiro atoms. The number of nitro benzene ring substituents is 1. The van der Waals surface area contributed by atoms with Crippen molar-refractivity contribution in [2.24, 2.45) is 5.10 Å². The molecule has 0 aliphatic carbocycles. The first-order valence-corrected chi connectivity index (χ1v) is 14.6. The number of rotatable bonds is 10. The Bertz CT molecular complexity index is 1940. The minimum Gasteiger partial charge on any atom is -0.490 e. The van der Waals surface area contributed by atoms with E-state index in [4.69, 9.17) is 21.1 Å². The van der Waals surface area contributed by atoms with Crippen molar-refractivity contribution < 1.29 is 28.8 Å². The molecule has 4 aromatic carbocycles. The number of nitro groups is 1. The van der Waals surface area contributed by atoms with Crippen LogP contribution in [-0.2, 0) is 0 Å². The molecule has 0 bridgehead atoms. The molecule has 1 heterocycles. The van der Waals surface area contributed by atoms with Gasteiger partial charge in [-0.3, -0.25) is 19.7 Å². The number of non-ortho nitro benzene ring substituents is 1. The fraction of sp³-hybridized carbons (Fsp3) is 0.0625. The molecular formula is C32H23ClN4O7S. The lowest BCUT2D eigenvalue weighted by atomic mass is 10.1. The average Bonchev–Trinajstić information content (AvgIpc) is 3.39. The van der Waals surface area contributed by atoms with Gasteiger partial charge in [-0.1, -0.05) is 29.8 Å². The topological polar surface area (TPSA) is 149 Å². The molecule has 0 saturated heterocycles. The van der Waals surface area contributed by atoms with Crippen molar-refractivity contribution in [1.82, 2.24) is 5.43 Å². The first-order chi connectivity index (χ1) is 21.7. The van der Waals surface area contributed by atoms with Crippen LogP contribution in [0.5, 0.6) is 11.5 Å². The maximum absolute atomic E-state index is 12.9. The highest BCUT2D eigenvalue weighted by Crippen LogP contribution is 2.37. The van der Waals surface area contributed by atoms with E-state index in [0.29, 0.717) is 28.6 Å². The van der Waals surface area contributed by atoms with Crippen LogP contribution in [0.2, 0.25) is 5.02 Å². The molecule has 11 nitrogen and oxygen atoms in total. The molecule has 226 valence electrons. The molecule has 13 heteroatoms. The molecule has 0 radical (unpaired) electrons. The standard InChI is InChI=1S/C32H23ClN4O7S/c1-2-43-26-17-19(7-16-25(26)44-32(40)29-28(33)24-5-3-4-6-27(24)45-29)18-34-36-31(39)21-8-12-22(13-9-21)35-30(38)20-10-14-23(15-11-20)37(41)42/h3-18H,2H2,1H3,(H,35,38)(H,36,39)/b34-18-. The molecule has 2 N–H and O–H groups in total. The van der Waals surface area contributed by atoms with Gasteiger partial charge < -0.3 is 14.8 Å². The fourth-order valence-corrected chi connectivity index (χ4v) is 5.51. The first-order valence-electron chi connectivity index (χ1n) is 13.4. The van der Waals surface area contributed by atoms with Gasteiger partial charge in [-0.15, -0.1) is 11.3 Å². The summed E-state index contributed by atoms with van der Waals surface area (Å²) in [6.45, 7) is 2.11. The lowest BCUT2D eigenvalue weighted by molar-refractivity contribution is -0.384. The molecule has 0 aliphatic rings. The normalized spacial score (nSPS) is 10.9. The molecule has 2 amide bonds. The second kappa shape index (κ2) is 13.8. The number of ether oxygens (including phenoxy) is 2. The van der Waals surface area contributed by atoms with Gasteiger partial charge in [0.25, 0.3) is 17.5 Å². The molecule has 45 heavy (non-hydrogen) atoms. The number of anilines is 1. The smallest absolute Gasteiger partial charge is 0.355 e. The number of nitrogens with one attached hydrogen (secondary N) is 2. The number of hydrogen-bond donors (Lipinski definition) is 2. The summed E-state index contributed by atoms with van der Waals surface area (Å²) < 4.78 is 12.2. The second-order valence-corrected chi connectivity index (χ2v) is 10.7. The Labute approximate surface area is 265 Å². The summed E-state index contributed by atoms with van der Waals surface area (Å²) in [5.74, 6) is -1.03. The Kier molecular flexibility index (Phi) is 9.46. The zero-order valence-corrected chi connectivity index (χ0v) is 25.1. The number of hydrogen-bond acceptors (Lipinski definition) is 9. The zero-order chi connectivity index (χ0) is 31.9. The van der Waals surface area contributed by atoms with Gasteiger partial charge in [0.2, 0.25) is 0 Å². The highest BCUT2D eigenvalue weighted by atomic mass is 35.5. The second-order valence-electron chi connectivity index (χ2n) is 9.30. The molecule has 1 aromatic heterocycles. The van der Waals surface area contributed by atoms with Gasteiger partial charge in [-0.25, -0.2) is 10.2 Å². The van der Waals surface area contributed by atoms with Crippen LogP contribution in [0.1, 0.15) is 42.9 Å². The monoisotopic (exact) mass is 642 g/mol. The number of fused-ring (bicyclic) bond motifs is 1.